The molecule has 0 saturated carbocycles. The van der Waals surface area contributed by atoms with Gasteiger partial charge in [-0.1, -0.05) is 6.07 Å². The molecule has 2 heterocycles. The molecule has 4 nitrogen and oxygen atoms in total. The summed E-state index contributed by atoms with van der Waals surface area (Å²) in [5.41, 5.74) is 2.22. The summed E-state index contributed by atoms with van der Waals surface area (Å²) in [5, 5.41) is 0. The number of nitrogens with zero attached hydrogens (tertiary/aromatic N) is 2. The molecule has 0 radical (unpaired) electrons. The summed E-state index contributed by atoms with van der Waals surface area (Å²) in [6.07, 6.45) is -2.57. The second-order valence-electron chi connectivity index (χ2n) is 7.10. The first-order valence-corrected chi connectivity index (χ1v) is 9.15. The van der Waals surface area contributed by atoms with Gasteiger partial charge in [-0.3, -0.25) is 4.79 Å². The zero-order valence-corrected chi connectivity index (χ0v) is 15.3. The second-order valence-corrected chi connectivity index (χ2v) is 7.10. The molecular weight excluding hydrogens is 369 g/mol. The Morgan fingerprint density at radius 2 is 1.79 bits per heavy atom. The lowest BCUT2D eigenvalue weighted by Gasteiger charge is -2.31. The van der Waals surface area contributed by atoms with Gasteiger partial charge in [0.05, 0.1) is 5.56 Å². The van der Waals surface area contributed by atoms with Gasteiger partial charge in [0, 0.05) is 25.6 Å². The molecule has 1 fully saturated rings. The van der Waals surface area contributed by atoms with Crippen LogP contribution in [0.1, 0.15) is 36.8 Å². The van der Waals surface area contributed by atoms with Gasteiger partial charge in [0.25, 0.3) is 0 Å². The van der Waals surface area contributed by atoms with E-state index in [0.29, 0.717) is 28.5 Å². The molecular formula is C21H19F3N2O2. The summed E-state index contributed by atoms with van der Waals surface area (Å²) in [6.45, 7) is 3.08. The Balaban J connectivity index is 1.56. The van der Waals surface area contributed by atoms with Crippen LogP contribution in [0.3, 0.4) is 0 Å². The van der Waals surface area contributed by atoms with Crippen LogP contribution < -0.4 is 0 Å². The van der Waals surface area contributed by atoms with Crippen LogP contribution >= 0.6 is 0 Å². The third kappa shape index (κ3) is 3.61. The van der Waals surface area contributed by atoms with Crippen molar-refractivity contribution in [1.29, 1.82) is 0 Å². The minimum atomic E-state index is -4.37. The van der Waals surface area contributed by atoms with Crippen molar-refractivity contribution in [3.8, 4) is 11.5 Å². The number of hydrogen-bond donors (Lipinski definition) is 0. The van der Waals surface area contributed by atoms with Gasteiger partial charge in [0.2, 0.25) is 11.8 Å². The van der Waals surface area contributed by atoms with Crippen LogP contribution in [-0.4, -0.2) is 28.9 Å². The highest BCUT2D eigenvalue weighted by atomic mass is 19.4. The first kappa shape index (κ1) is 18.5. The fourth-order valence-electron chi connectivity index (χ4n) is 3.65. The first-order chi connectivity index (χ1) is 13.3. The standard InChI is InChI=1S/C21H19F3N2O2/c1-13(27)26-10-8-14(9-11-26)16-4-7-19-18(12-16)25-20(28-19)15-2-5-17(6-3-15)21(22,23)24/h2-7,12,14H,8-11H2,1H3. The van der Waals surface area contributed by atoms with E-state index in [0.717, 1.165) is 43.6 Å². The number of rotatable bonds is 2. The van der Waals surface area contributed by atoms with Gasteiger partial charge in [0.1, 0.15) is 5.52 Å². The normalized spacial score (nSPS) is 15.9. The summed E-state index contributed by atoms with van der Waals surface area (Å²) < 4.78 is 43.9. The average molecular weight is 388 g/mol. The van der Waals surface area contributed by atoms with Crippen molar-refractivity contribution < 1.29 is 22.4 Å². The van der Waals surface area contributed by atoms with E-state index in [1.54, 1.807) is 6.92 Å². The fraction of sp³-hybridized carbons (Fsp3) is 0.333. The summed E-state index contributed by atoms with van der Waals surface area (Å²) >= 11 is 0. The van der Waals surface area contributed by atoms with Crippen molar-refractivity contribution in [1.82, 2.24) is 9.88 Å². The van der Waals surface area contributed by atoms with Gasteiger partial charge in [-0.2, -0.15) is 13.2 Å². The molecule has 1 aliphatic rings. The van der Waals surface area contributed by atoms with Crippen LogP contribution in [0.5, 0.6) is 0 Å². The number of alkyl halides is 3. The Bertz CT molecular complexity index is 1000. The highest BCUT2D eigenvalue weighted by Crippen LogP contribution is 2.33. The maximum absolute atomic E-state index is 12.7. The number of likely N-dealkylation sites (tertiary alicyclic amines) is 1. The molecule has 146 valence electrons. The summed E-state index contributed by atoms with van der Waals surface area (Å²) in [6, 6.07) is 10.6. The predicted octanol–water partition coefficient (Wildman–Crippen LogP) is 5.24. The molecule has 1 aliphatic heterocycles. The second kappa shape index (κ2) is 6.96. The maximum Gasteiger partial charge on any atom is 0.416 e. The molecule has 1 aromatic heterocycles. The molecule has 7 heteroatoms. The van der Waals surface area contributed by atoms with Gasteiger partial charge >= 0.3 is 6.18 Å². The van der Waals surface area contributed by atoms with Crippen molar-refractivity contribution in [2.24, 2.45) is 0 Å². The summed E-state index contributed by atoms with van der Waals surface area (Å²) in [4.78, 5) is 17.8. The van der Waals surface area contributed by atoms with Crippen molar-refractivity contribution in [3.63, 3.8) is 0 Å². The highest BCUT2D eigenvalue weighted by molar-refractivity contribution is 5.77. The molecule has 1 amide bonds. The minimum Gasteiger partial charge on any atom is -0.436 e. The highest BCUT2D eigenvalue weighted by Gasteiger charge is 2.30. The van der Waals surface area contributed by atoms with E-state index < -0.39 is 11.7 Å². The van der Waals surface area contributed by atoms with E-state index >= 15 is 0 Å². The Hall–Kier alpha value is -2.83. The van der Waals surface area contributed by atoms with Gasteiger partial charge in [-0.25, -0.2) is 4.98 Å². The number of amides is 1. The lowest BCUT2D eigenvalue weighted by atomic mass is 9.89. The predicted molar refractivity (Wildman–Crippen MR) is 98.7 cm³/mol. The van der Waals surface area contributed by atoms with E-state index in [9.17, 15) is 18.0 Å². The van der Waals surface area contributed by atoms with Crippen LogP contribution in [0.15, 0.2) is 46.9 Å². The van der Waals surface area contributed by atoms with Gasteiger partial charge < -0.3 is 9.32 Å². The monoisotopic (exact) mass is 388 g/mol. The third-order valence-electron chi connectivity index (χ3n) is 5.28. The van der Waals surface area contributed by atoms with Crippen molar-refractivity contribution in [3.05, 3.63) is 53.6 Å². The SMILES string of the molecule is CC(=O)N1CCC(c2ccc3oc(-c4ccc(C(F)(F)F)cc4)nc3c2)CC1. The minimum absolute atomic E-state index is 0.103. The Morgan fingerprint density at radius 1 is 1.11 bits per heavy atom. The maximum atomic E-state index is 12.7. The summed E-state index contributed by atoms with van der Waals surface area (Å²) in [7, 11) is 0. The first-order valence-electron chi connectivity index (χ1n) is 9.15. The van der Waals surface area contributed by atoms with Crippen LogP contribution in [0.2, 0.25) is 0 Å². The quantitative estimate of drug-likeness (QED) is 0.603. The Kier molecular flexibility index (Phi) is 4.61. The zero-order chi connectivity index (χ0) is 19.9. The topological polar surface area (TPSA) is 46.3 Å². The van der Waals surface area contributed by atoms with Crippen molar-refractivity contribution in [2.45, 2.75) is 31.9 Å². The number of piperidine rings is 1. The molecule has 0 unspecified atom stereocenters. The van der Waals surface area contributed by atoms with E-state index in [4.69, 9.17) is 4.42 Å². The van der Waals surface area contributed by atoms with E-state index in [1.807, 2.05) is 23.1 Å². The number of oxazole rings is 1. The average Bonchev–Trinajstić information content (AvgIpc) is 3.11. The third-order valence-corrected chi connectivity index (χ3v) is 5.28. The molecule has 2 aromatic carbocycles. The largest absolute Gasteiger partial charge is 0.436 e. The molecule has 28 heavy (non-hydrogen) atoms. The van der Waals surface area contributed by atoms with Crippen LogP contribution in [0, 0.1) is 0 Å². The molecule has 3 aromatic rings. The van der Waals surface area contributed by atoms with Crippen LogP contribution in [0.25, 0.3) is 22.6 Å². The number of aromatic nitrogens is 1. The Labute approximate surface area is 160 Å². The molecule has 0 spiro atoms. The lowest BCUT2D eigenvalue weighted by molar-refractivity contribution is -0.137. The van der Waals surface area contributed by atoms with Gasteiger partial charge in [-0.05, 0) is 60.7 Å². The Morgan fingerprint density at radius 3 is 2.39 bits per heavy atom. The summed E-state index contributed by atoms with van der Waals surface area (Å²) in [5.74, 6) is 0.755. The van der Waals surface area contributed by atoms with Crippen molar-refractivity contribution >= 4 is 17.0 Å². The zero-order valence-electron chi connectivity index (χ0n) is 15.3. The van der Waals surface area contributed by atoms with E-state index in [1.165, 1.54) is 12.1 Å². The number of halogens is 3. The number of fused-ring (bicyclic) bond motifs is 1. The van der Waals surface area contributed by atoms with Gasteiger partial charge in [-0.15, -0.1) is 0 Å². The number of carbonyl (C=O) groups excluding carboxylic acids is 1. The molecule has 0 bridgehead atoms. The molecule has 0 N–H and O–H groups in total. The number of benzene rings is 2. The molecule has 0 aliphatic carbocycles. The smallest absolute Gasteiger partial charge is 0.416 e. The number of carbonyl (C=O) groups is 1. The fourth-order valence-corrected chi connectivity index (χ4v) is 3.65. The van der Waals surface area contributed by atoms with Gasteiger partial charge in [0.15, 0.2) is 5.58 Å². The van der Waals surface area contributed by atoms with E-state index in [2.05, 4.69) is 4.98 Å². The molecule has 1 saturated heterocycles. The van der Waals surface area contributed by atoms with Crippen LogP contribution in [0.4, 0.5) is 13.2 Å². The van der Waals surface area contributed by atoms with Crippen molar-refractivity contribution in [2.75, 3.05) is 13.1 Å². The lowest BCUT2D eigenvalue weighted by Crippen LogP contribution is -2.36. The number of hydrogen-bond acceptors (Lipinski definition) is 3. The molecule has 0 atom stereocenters. The molecule has 4 rings (SSSR count). The van der Waals surface area contributed by atoms with E-state index in [-0.39, 0.29) is 5.91 Å². The van der Waals surface area contributed by atoms with Crippen LogP contribution in [-0.2, 0) is 11.0 Å².